The van der Waals surface area contributed by atoms with Gasteiger partial charge in [0.1, 0.15) is 11.5 Å². The third-order valence-corrected chi connectivity index (χ3v) is 4.74. The zero-order valence-electron chi connectivity index (χ0n) is 10.7. The van der Waals surface area contributed by atoms with Gasteiger partial charge >= 0.3 is 0 Å². The maximum absolute atomic E-state index is 9.87. The highest BCUT2D eigenvalue weighted by atomic mass is 32.1. The van der Waals surface area contributed by atoms with Gasteiger partial charge in [-0.15, -0.1) is 11.3 Å². The van der Waals surface area contributed by atoms with Gasteiger partial charge in [0.05, 0.1) is 10.7 Å². The first-order valence-electron chi connectivity index (χ1n) is 6.72. The van der Waals surface area contributed by atoms with Crippen molar-refractivity contribution >= 4 is 11.3 Å². The van der Waals surface area contributed by atoms with Crippen molar-refractivity contribution in [1.82, 2.24) is 4.98 Å². The van der Waals surface area contributed by atoms with Gasteiger partial charge in [0.15, 0.2) is 0 Å². The Morgan fingerprint density at radius 1 is 1.11 bits per heavy atom. The fraction of sp³-hybridized carbons (Fsp3) is 0.400. The number of phenolic OH excluding ortho intramolecular Hbond substituents is 2. The van der Waals surface area contributed by atoms with Crippen molar-refractivity contribution in [3.05, 3.63) is 28.6 Å². The molecular weight excluding hydrogens is 258 g/mol. The number of thiazole rings is 1. The Kier molecular flexibility index (Phi) is 3.42. The minimum absolute atomic E-state index is 0.0731. The predicted octanol–water partition coefficient (Wildman–Crippen LogP) is 4.27. The van der Waals surface area contributed by atoms with Crippen LogP contribution in [0.25, 0.3) is 11.3 Å². The lowest BCUT2D eigenvalue weighted by atomic mass is 9.90. The normalized spacial score (nSPS) is 16.6. The van der Waals surface area contributed by atoms with Crippen molar-refractivity contribution in [2.24, 2.45) is 0 Å². The highest BCUT2D eigenvalue weighted by Gasteiger charge is 2.19. The molecule has 0 saturated heterocycles. The van der Waals surface area contributed by atoms with E-state index in [1.165, 1.54) is 43.2 Å². The van der Waals surface area contributed by atoms with Gasteiger partial charge < -0.3 is 10.2 Å². The highest BCUT2D eigenvalue weighted by Crippen LogP contribution is 2.38. The average Bonchev–Trinajstić information content (AvgIpc) is 2.89. The summed E-state index contributed by atoms with van der Waals surface area (Å²) in [6, 6.07) is 4.65. The summed E-state index contributed by atoms with van der Waals surface area (Å²) in [7, 11) is 0. The zero-order valence-corrected chi connectivity index (χ0v) is 11.5. The number of hydrogen-bond acceptors (Lipinski definition) is 4. The fourth-order valence-electron chi connectivity index (χ4n) is 2.69. The molecule has 0 amide bonds. The molecule has 3 rings (SSSR count). The summed E-state index contributed by atoms with van der Waals surface area (Å²) in [5, 5.41) is 22.4. The topological polar surface area (TPSA) is 53.4 Å². The van der Waals surface area contributed by atoms with Crippen molar-refractivity contribution in [2.75, 3.05) is 0 Å². The molecule has 0 spiro atoms. The Morgan fingerprint density at radius 3 is 2.63 bits per heavy atom. The first-order chi connectivity index (χ1) is 9.24. The Bertz CT molecular complexity index is 573. The van der Waals surface area contributed by atoms with E-state index in [9.17, 15) is 10.2 Å². The summed E-state index contributed by atoms with van der Waals surface area (Å²) in [6.07, 6.45) is 6.39. The van der Waals surface area contributed by atoms with Crippen LogP contribution in [-0.4, -0.2) is 15.2 Å². The standard InChI is InChI=1S/C15H17NO2S/c17-11-6-7-12(14(18)8-11)13-9-19-15(16-13)10-4-2-1-3-5-10/h6-10,17-18H,1-5H2. The molecule has 1 heterocycles. The lowest BCUT2D eigenvalue weighted by Crippen LogP contribution is -2.03. The molecule has 0 bridgehead atoms. The van der Waals surface area contributed by atoms with Crippen LogP contribution in [0.2, 0.25) is 0 Å². The van der Waals surface area contributed by atoms with Crippen molar-refractivity contribution in [3.63, 3.8) is 0 Å². The second kappa shape index (κ2) is 5.21. The summed E-state index contributed by atoms with van der Waals surface area (Å²) < 4.78 is 0. The Hall–Kier alpha value is -1.55. The molecule has 1 aliphatic carbocycles. The molecule has 2 N–H and O–H groups in total. The molecular formula is C15H17NO2S. The van der Waals surface area contributed by atoms with Crippen LogP contribution in [-0.2, 0) is 0 Å². The van der Waals surface area contributed by atoms with E-state index in [0.29, 0.717) is 11.5 Å². The molecule has 1 aromatic carbocycles. The van der Waals surface area contributed by atoms with E-state index in [1.54, 1.807) is 23.5 Å². The zero-order chi connectivity index (χ0) is 13.2. The maximum atomic E-state index is 9.87. The summed E-state index contributed by atoms with van der Waals surface area (Å²) in [5.74, 6) is 0.747. The van der Waals surface area contributed by atoms with Crippen LogP contribution in [0, 0.1) is 0 Å². The van der Waals surface area contributed by atoms with Gasteiger partial charge in [-0.2, -0.15) is 0 Å². The maximum Gasteiger partial charge on any atom is 0.128 e. The number of aromatic nitrogens is 1. The smallest absolute Gasteiger partial charge is 0.128 e. The molecule has 0 aliphatic heterocycles. The number of phenols is 2. The predicted molar refractivity (Wildman–Crippen MR) is 76.7 cm³/mol. The van der Waals surface area contributed by atoms with Crippen molar-refractivity contribution < 1.29 is 10.2 Å². The van der Waals surface area contributed by atoms with Crippen LogP contribution in [0.3, 0.4) is 0 Å². The van der Waals surface area contributed by atoms with Gasteiger partial charge in [-0.1, -0.05) is 19.3 Å². The van der Waals surface area contributed by atoms with E-state index in [4.69, 9.17) is 0 Å². The lowest BCUT2D eigenvalue weighted by Gasteiger charge is -2.18. The molecule has 0 radical (unpaired) electrons. The number of rotatable bonds is 2. The molecule has 0 atom stereocenters. The van der Waals surface area contributed by atoms with Crippen LogP contribution >= 0.6 is 11.3 Å². The van der Waals surface area contributed by atoms with Gasteiger partial charge in [0.2, 0.25) is 0 Å². The third-order valence-electron chi connectivity index (χ3n) is 3.73. The largest absolute Gasteiger partial charge is 0.508 e. The van der Waals surface area contributed by atoms with E-state index in [1.807, 2.05) is 5.38 Å². The molecule has 100 valence electrons. The second-order valence-corrected chi connectivity index (χ2v) is 6.00. The highest BCUT2D eigenvalue weighted by molar-refractivity contribution is 7.10. The number of aromatic hydroxyl groups is 2. The summed E-state index contributed by atoms with van der Waals surface area (Å²) >= 11 is 1.68. The van der Waals surface area contributed by atoms with Crippen molar-refractivity contribution in [3.8, 4) is 22.8 Å². The van der Waals surface area contributed by atoms with Crippen molar-refractivity contribution in [2.45, 2.75) is 38.0 Å². The SMILES string of the molecule is Oc1ccc(-c2csc(C3CCCCC3)n2)c(O)c1. The minimum atomic E-state index is 0.0731. The Morgan fingerprint density at radius 2 is 1.89 bits per heavy atom. The monoisotopic (exact) mass is 275 g/mol. The molecule has 19 heavy (non-hydrogen) atoms. The molecule has 2 aromatic rings. The Labute approximate surface area is 116 Å². The third kappa shape index (κ3) is 2.59. The first kappa shape index (κ1) is 12.5. The fourth-order valence-corrected chi connectivity index (χ4v) is 3.68. The van der Waals surface area contributed by atoms with E-state index in [-0.39, 0.29) is 11.5 Å². The number of hydrogen-bond donors (Lipinski definition) is 2. The van der Waals surface area contributed by atoms with Crippen LogP contribution in [0.15, 0.2) is 23.6 Å². The summed E-state index contributed by atoms with van der Waals surface area (Å²) in [6.45, 7) is 0. The molecule has 0 unspecified atom stereocenters. The Balaban J connectivity index is 1.87. The van der Waals surface area contributed by atoms with E-state index in [0.717, 1.165) is 5.69 Å². The van der Waals surface area contributed by atoms with E-state index >= 15 is 0 Å². The van der Waals surface area contributed by atoms with Crippen LogP contribution < -0.4 is 0 Å². The van der Waals surface area contributed by atoms with E-state index in [2.05, 4.69) is 4.98 Å². The number of nitrogens with zero attached hydrogens (tertiary/aromatic N) is 1. The van der Waals surface area contributed by atoms with Gasteiger partial charge in [-0.25, -0.2) is 4.98 Å². The van der Waals surface area contributed by atoms with Crippen LogP contribution in [0.5, 0.6) is 11.5 Å². The molecule has 1 aliphatic rings. The van der Waals surface area contributed by atoms with Gasteiger partial charge in [-0.3, -0.25) is 0 Å². The molecule has 1 saturated carbocycles. The molecule has 1 fully saturated rings. The first-order valence-corrected chi connectivity index (χ1v) is 7.60. The lowest BCUT2D eigenvalue weighted by molar-refractivity contribution is 0.442. The average molecular weight is 275 g/mol. The quantitative estimate of drug-likeness (QED) is 0.860. The molecule has 1 aromatic heterocycles. The second-order valence-electron chi connectivity index (χ2n) is 5.11. The van der Waals surface area contributed by atoms with Gasteiger partial charge in [-0.05, 0) is 25.0 Å². The van der Waals surface area contributed by atoms with Gasteiger partial charge in [0.25, 0.3) is 0 Å². The van der Waals surface area contributed by atoms with Crippen LogP contribution in [0.4, 0.5) is 0 Å². The summed E-state index contributed by atoms with van der Waals surface area (Å²) in [5.41, 5.74) is 1.50. The van der Waals surface area contributed by atoms with Crippen LogP contribution in [0.1, 0.15) is 43.0 Å². The minimum Gasteiger partial charge on any atom is -0.508 e. The molecule has 4 heteroatoms. The molecule has 3 nitrogen and oxygen atoms in total. The van der Waals surface area contributed by atoms with E-state index < -0.39 is 0 Å². The number of benzene rings is 1. The summed E-state index contributed by atoms with van der Waals surface area (Å²) in [4.78, 5) is 4.67. The van der Waals surface area contributed by atoms with Gasteiger partial charge in [0, 0.05) is 22.9 Å². The van der Waals surface area contributed by atoms with Crippen molar-refractivity contribution in [1.29, 1.82) is 0 Å².